The van der Waals surface area contributed by atoms with Gasteiger partial charge in [-0.05, 0) is 35.2 Å². The van der Waals surface area contributed by atoms with E-state index in [1.165, 1.54) is 0 Å². The molecular weight excluding hydrogens is 286 g/mol. The second-order valence-electron chi connectivity index (χ2n) is 5.58. The van der Waals surface area contributed by atoms with E-state index in [2.05, 4.69) is 5.32 Å². The highest BCUT2D eigenvalue weighted by atomic mass is 32.2. The van der Waals surface area contributed by atoms with Crippen LogP contribution in [0.4, 0.5) is 5.69 Å². The predicted octanol–water partition coefficient (Wildman–Crippen LogP) is 2.60. The summed E-state index contributed by atoms with van der Waals surface area (Å²) in [4.78, 5) is 12.0. The summed E-state index contributed by atoms with van der Waals surface area (Å²) < 4.78 is 22.8. The number of sulfone groups is 1. The summed E-state index contributed by atoms with van der Waals surface area (Å²) in [5.41, 5.74) is 0.750. The Morgan fingerprint density at radius 1 is 1.14 bits per heavy atom. The van der Waals surface area contributed by atoms with E-state index in [0.29, 0.717) is 6.42 Å². The Labute approximate surface area is 124 Å². The van der Waals surface area contributed by atoms with Crippen molar-refractivity contribution in [1.82, 2.24) is 0 Å². The zero-order valence-electron chi connectivity index (χ0n) is 11.6. The minimum atomic E-state index is -2.92. The lowest BCUT2D eigenvalue weighted by atomic mass is 10.0. The molecule has 21 heavy (non-hydrogen) atoms. The van der Waals surface area contributed by atoms with Crippen molar-refractivity contribution < 1.29 is 13.2 Å². The van der Waals surface area contributed by atoms with E-state index in [-0.39, 0.29) is 29.8 Å². The number of nitrogens with one attached hydrogen (secondary N) is 1. The first-order valence-corrected chi connectivity index (χ1v) is 8.83. The number of carbonyl (C=O) groups is 1. The van der Waals surface area contributed by atoms with Gasteiger partial charge in [0.15, 0.2) is 9.84 Å². The molecule has 0 saturated carbocycles. The van der Waals surface area contributed by atoms with E-state index in [9.17, 15) is 13.2 Å². The maximum atomic E-state index is 12.0. The summed E-state index contributed by atoms with van der Waals surface area (Å²) in [6.45, 7) is 0. The summed E-state index contributed by atoms with van der Waals surface area (Å²) in [5, 5.41) is 5.05. The Kier molecular flexibility index (Phi) is 3.68. The van der Waals surface area contributed by atoms with Gasteiger partial charge < -0.3 is 5.32 Å². The summed E-state index contributed by atoms with van der Waals surface area (Å²) in [7, 11) is -2.92. The number of rotatable bonds is 3. The minimum absolute atomic E-state index is 0.0459. The molecule has 0 radical (unpaired) electrons. The molecule has 1 aliphatic rings. The largest absolute Gasteiger partial charge is 0.326 e. The molecule has 2 aromatic rings. The zero-order valence-corrected chi connectivity index (χ0v) is 12.4. The highest BCUT2D eigenvalue weighted by molar-refractivity contribution is 7.91. The third-order valence-electron chi connectivity index (χ3n) is 3.83. The first kappa shape index (κ1) is 14.1. The van der Waals surface area contributed by atoms with Crippen LogP contribution in [0.5, 0.6) is 0 Å². The highest BCUT2D eigenvalue weighted by Gasteiger charge is 2.29. The van der Waals surface area contributed by atoms with Gasteiger partial charge in [0.25, 0.3) is 0 Å². The lowest BCUT2D eigenvalue weighted by Gasteiger charge is -2.09. The predicted molar refractivity (Wildman–Crippen MR) is 84.0 cm³/mol. The lowest BCUT2D eigenvalue weighted by molar-refractivity contribution is -0.116. The number of benzene rings is 2. The summed E-state index contributed by atoms with van der Waals surface area (Å²) in [6.07, 6.45) is 0.861. The van der Waals surface area contributed by atoms with Crippen LogP contribution in [-0.2, 0) is 14.6 Å². The van der Waals surface area contributed by atoms with Crippen molar-refractivity contribution in [2.45, 2.75) is 12.8 Å². The van der Waals surface area contributed by atoms with E-state index >= 15 is 0 Å². The average Bonchev–Trinajstić information content (AvgIpc) is 2.77. The molecule has 110 valence electrons. The van der Waals surface area contributed by atoms with E-state index < -0.39 is 9.84 Å². The van der Waals surface area contributed by atoms with Crippen LogP contribution >= 0.6 is 0 Å². The molecule has 1 heterocycles. The molecule has 0 aliphatic carbocycles. The topological polar surface area (TPSA) is 63.2 Å². The van der Waals surface area contributed by atoms with Gasteiger partial charge in [0.05, 0.1) is 11.5 Å². The fourth-order valence-electron chi connectivity index (χ4n) is 2.77. The molecule has 0 spiro atoms. The second kappa shape index (κ2) is 5.48. The van der Waals surface area contributed by atoms with Crippen LogP contribution in [0.15, 0.2) is 42.5 Å². The molecule has 1 amide bonds. The molecule has 1 atom stereocenters. The molecule has 5 heteroatoms. The quantitative estimate of drug-likeness (QED) is 0.948. The van der Waals surface area contributed by atoms with Gasteiger partial charge in [-0.15, -0.1) is 0 Å². The molecule has 1 fully saturated rings. The summed E-state index contributed by atoms with van der Waals surface area (Å²) in [6, 6.07) is 13.7. The first-order valence-electron chi connectivity index (χ1n) is 7.01. The monoisotopic (exact) mass is 303 g/mol. The van der Waals surface area contributed by atoms with Crippen LogP contribution in [0.25, 0.3) is 10.8 Å². The Hall–Kier alpha value is -1.88. The lowest BCUT2D eigenvalue weighted by Crippen LogP contribution is -2.17. The molecule has 4 nitrogen and oxygen atoms in total. The van der Waals surface area contributed by atoms with Gasteiger partial charge in [0.1, 0.15) is 0 Å². The Morgan fingerprint density at radius 2 is 1.90 bits per heavy atom. The van der Waals surface area contributed by atoms with Gasteiger partial charge >= 0.3 is 0 Å². The van der Waals surface area contributed by atoms with Crippen molar-refractivity contribution in [3.63, 3.8) is 0 Å². The maximum absolute atomic E-state index is 12.0. The van der Waals surface area contributed by atoms with Crippen LogP contribution in [-0.4, -0.2) is 25.8 Å². The molecular formula is C16H17NO3S. The van der Waals surface area contributed by atoms with Crippen LogP contribution in [0, 0.1) is 5.92 Å². The summed E-state index contributed by atoms with van der Waals surface area (Å²) in [5.74, 6) is 0.182. The van der Waals surface area contributed by atoms with Gasteiger partial charge in [0, 0.05) is 12.1 Å². The van der Waals surface area contributed by atoms with Crippen LogP contribution in [0.2, 0.25) is 0 Å². The smallest absolute Gasteiger partial charge is 0.224 e. The number of amides is 1. The van der Waals surface area contributed by atoms with E-state index in [1.807, 2.05) is 42.5 Å². The van der Waals surface area contributed by atoms with Gasteiger partial charge in [-0.2, -0.15) is 0 Å². The number of fused-ring (bicyclic) bond motifs is 1. The SMILES string of the molecule is O=C(C[C@@H]1CCS(=O)(=O)C1)Nc1ccc2ccccc2c1. The number of hydrogen-bond donors (Lipinski definition) is 1. The number of hydrogen-bond acceptors (Lipinski definition) is 3. The van der Waals surface area contributed by atoms with Gasteiger partial charge in [0.2, 0.25) is 5.91 Å². The fourth-order valence-corrected chi connectivity index (χ4v) is 4.64. The van der Waals surface area contributed by atoms with Crippen molar-refractivity contribution in [3.05, 3.63) is 42.5 Å². The second-order valence-corrected chi connectivity index (χ2v) is 7.81. The fraction of sp³-hybridized carbons (Fsp3) is 0.312. The normalized spacial score (nSPS) is 20.5. The Morgan fingerprint density at radius 3 is 2.62 bits per heavy atom. The summed E-state index contributed by atoms with van der Waals surface area (Å²) >= 11 is 0. The third-order valence-corrected chi connectivity index (χ3v) is 5.67. The van der Waals surface area contributed by atoms with E-state index in [4.69, 9.17) is 0 Å². The van der Waals surface area contributed by atoms with Crippen molar-refractivity contribution in [2.75, 3.05) is 16.8 Å². The molecule has 2 aromatic carbocycles. The van der Waals surface area contributed by atoms with Gasteiger partial charge in [-0.1, -0.05) is 30.3 Å². The maximum Gasteiger partial charge on any atom is 0.224 e. The number of carbonyl (C=O) groups excluding carboxylic acids is 1. The molecule has 0 unspecified atom stereocenters. The standard InChI is InChI=1S/C16H17NO3S/c18-16(9-12-7-8-21(19,20)11-12)17-15-6-5-13-3-1-2-4-14(13)10-15/h1-6,10,12H,7-9,11H2,(H,17,18)/t12-/m0/s1. The van der Waals surface area contributed by atoms with Crippen molar-refractivity contribution >= 4 is 32.2 Å². The van der Waals surface area contributed by atoms with E-state index in [0.717, 1.165) is 16.5 Å². The van der Waals surface area contributed by atoms with Gasteiger partial charge in [-0.3, -0.25) is 4.79 Å². The van der Waals surface area contributed by atoms with Crippen LogP contribution < -0.4 is 5.32 Å². The van der Waals surface area contributed by atoms with Crippen molar-refractivity contribution in [1.29, 1.82) is 0 Å². The number of anilines is 1. The highest BCUT2D eigenvalue weighted by Crippen LogP contribution is 2.23. The van der Waals surface area contributed by atoms with Crippen molar-refractivity contribution in [3.8, 4) is 0 Å². The Balaban J connectivity index is 1.66. The molecule has 1 aliphatic heterocycles. The molecule has 1 saturated heterocycles. The molecule has 0 aromatic heterocycles. The van der Waals surface area contributed by atoms with E-state index in [1.54, 1.807) is 0 Å². The molecule has 0 bridgehead atoms. The average molecular weight is 303 g/mol. The van der Waals surface area contributed by atoms with Crippen molar-refractivity contribution in [2.24, 2.45) is 5.92 Å². The molecule has 3 rings (SSSR count). The van der Waals surface area contributed by atoms with Crippen LogP contribution in [0.3, 0.4) is 0 Å². The third kappa shape index (κ3) is 3.42. The van der Waals surface area contributed by atoms with Crippen LogP contribution in [0.1, 0.15) is 12.8 Å². The minimum Gasteiger partial charge on any atom is -0.326 e. The zero-order chi connectivity index (χ0) is 14.9. The Bertz CT molecular complexity index is 783. The van der Waals surface area contributed by atoms with Gasteiger partial charge in [-0.25, -0.2) is 8.42 Å². The first-order chi connectivity index (χ1) is 10.0. The molecule has 1 N–H and O–H groups in total.